The second-order valence-corrected chi connectivity index (χ2v) is 8.54. The van der Waals surface area contributed by atoms with E-state index in [1.807, 2.05) is 27.7 Å². The fourth-order valence-corrected chi connectivity index (χ4v) is 3.31. The number of esters is 2. The van der Waals surface area contributed by atoms with Crippen molar-refractivity contribution >= 4 is 11.9 Å². The van der Waals surface area contributed by atoms with Crippen molar-refractivity contribution in [3.8, 4) is 11.8 Å². The molecule has 0 unspecified atom stereocenters. The molecular weight excluding hydrogens is 364 g/mol. The van der Waals surface area contributed by atoms with Crippen LogP contribution in [0.4, 0.5) is 0 Å². The molecule has 0 radical (unpaired) electrons. The Kier molecular flexibility index (Phi) is 17.6. The van der Waals surface area contributed by atoms with Gasteiger partial charge in [0.2, 0.25) is 0 Å². The van der Waals surface area contributed by atoms with Crippen LogP contribution in [0.2, 0.25) is 0 Å². The first-order chi connectivity index (χ1) is 13.9. The highest BCUT2D eigenvalue weighted by Gasteiger charge is 2.21. The maximum atomic E-state index is 11.9. The van der Waals surface area contributed by atoms with E-state index in [-0.39, 0.29) is 49.3 Å². The summed E-state index contributed by atoms with van der Waals surface area (Å²) in [6, 6.07) is 0. The Morgan fingerprint density at radius 2 is 1.28 bits per heavy atom. The van der Waals surface area contributed by atoms with Crippen LogP contribution in [-0.4, -0.2) is 24.6 Å². The van der Waals surface area contributed by atoms with Crippen LogP contribution in [-0.2, 0) is 19.1 Å². The summed E-state index contributed by atoms with van der Waals surface area (Å²) in [4.78, 5) is 23.6. The first-order valence-corrected chi connectivity index (χ1v) is 11.7. The lowest BCUT2D eigenvalue weighted by Gasteiger charge is -2.24. The number of unbranched alkanes of at least 4 members (excludes halogenated alkanes) is 8. The Labute approximate surface area is 179 Å². The lowest BCUT2D eigenvalue weighted by atomic mass is 9.96. The Balaban J connectivity index is 3.66. The third-order valence-corrected chi connectivity index (χ3v) is 4.93. The first-order valence-electron chi connectivity index (χ1n) is 11.7. The molecule has 4 heteroatoms. The zero-order valence-electron chi connectivity index (χ0n) is 19.6. The molecule has 0 N–H and O–H groups in total. The van der Waals surface area contributed by atoms with E-state index in [0.717, 1.165) is 12.8 Å². The normalized spacial score (nSPS) is 10.9. The number of ether oxygens (including phenoxy) is 2. The van der Waals surface area contributed by atoms with E-state index in [4.69, 9.17) is 9.47 Å². The van der Waals surface area contributed by atoms with Crippen molar-refractivity contribution in [3.63, 3.8) is 0 Å². The van der Waals surface area contributed by atoms with Crippen LogP contribution in [0.5, 0.6) is 0 Å². The van der Waals surface area contributed by atoms with Gasteiger partial charge in [-0.25, -0.2) is 0 Å². The maximum absolute atomic E-state index is 11.9. The van der Waals surface area contributed by atoms with Gasteiger partial charge in [0.15, 0.2) is 6.61 Å². The largest absolute Gasteiger partial charge is 0.462 e. The van der Waals surface area contributed by atoms with Gasteiger partial charge >= 0.3 is 11.9 Å². The van der Waals surface area contributed by atoms with Crippen LogP contribution in [0, 0.1) is 23.7 Å². The van der Waals surface area contributed by atoms with E-state index in [0.29, 0.717) is 6.42 Å². The van der Waals surface area contributed by atoms with Gasteiger partial charge in [-0.15, -0.1) is 0 Å². The summed E-state index contributed by atoms with van der Waals surface area (Å²) in [6.45, 7) is 10.6. The quantitative estimate of drug-likeness (QED) is 0.167. The summed E-state index contributed by atoms with van der Waals surface area (Å²) in [7, 11) is 0. The van der Waals surface area contributed by atoms with Crippen molar-refractivity contribution in [1.29, 1.82) is 0 Å². The van der Waals surface area contributed by atoms with Crippen LogP contribution in [0.1, 0.15) is 112 Å². The molecule has 0 bridgehead atoms. The molecule has 0 amide bonds. The van der Waals surface area contributed by atoms with Gasteiger partial charge in [-0.05, 0) is 24.7 Å². The third kappa shape index (κ3) is 17.1. The van der Waals surface area contributed by atoms with Gasteiger partial charge in [-0.2, -0.15) is 0 Å². The minimum absolute atomic E-state index is 0.0780. The molecule has 0 rings (SSSR count). The molecule has 0 aromatic rings. The van der Waals surface area contributed by atoms with Crippen LogP contribution in [0.3, 0.4) is 0 Å². The van der Waals surface area contributed by atoms with Crippen LogP contribution in [0.15, 0.2) is 0 Å². The van der Waals surface area contributed by atoms with Gasteiger partial charge in [-0.1, -0.05) is 91.4 Å². The van der Waals surface area contributed by atoms with E-state index in [1.54, 1.807) is 0 Å². The summed E-state index contributed by atoms with van der Waals surface area (Å²) < 4.78 is 10.6. The summed E-state index contributed by atoms with van der Waals surface area (Å²) in [5.41, 5.74) is 0. The van der Waals surface area contributed by atoms with Crippen molar-refractivity contribution in [1.82, 2.24) is 0 Å². The van der Waals surface area contributed by atoms with Crippen molar-refractivity contribution in [3.05, 3.63) is 0 Å². The number of carbonyl (C=O) groups is 2. The van der Waals surface area contributed by atoms with Gasteiger partial charge in [0.05, 0.1) is 0 Å². The maximum Gasteiger partial charge on any atom is 0.306 e. The monoisotopic (exact) mass is 408 g/mol. The molecule has 0 saturated carbocycles. The summed E-state index contributed by atoms with van der Waals surface area (Å²) >= 11 is 0. The predicted molar refractivity (Wildman–Crippen MR) is 119 cm³/mol. The molecule has 0 atom stereocenters. The second-order valence-electron chi connectivity index (χ2n) is 8.54. The number of hydrogen-bond acceptors (Lipinski definition) is 4. The molecule has 0 aliphatic carbocycles. The number of rotatable bonds is 16. The molecule has 4 nitrogen and oxygen atoms in total. The Hall–Kier alpha value is -1.50. The lowest BCUT2D eigenvalue weighted by Crippen LogP contribution is -2.28. The van der Waals surface area contributed by atoms with Gasteiger partial charge in [-0.3, -0.25) is 9.59 Å². The summed E-state index contributed by atoms with van der Waals surface area (Å²) in [5.74, 6) is 6.00. The standard InChI is InChI=1S/C25H44O4/c1-6-7-8-9-10-11-12-13-14-15-16-20-28-23(26)18-17-19-24(27)29-25(21(2)3)22(4)5/h21-22,25H,6-14,17-20H2,1-5H3. The van der Waals surface area contributed by atoms with Gasteiger partial charge in [0, 0.05) is 19.3 Å². The Bertz CT molecular complexity index is 477. The average molecular weight is 409 g/mol. The highest BCUT2D eigenvalue weighted by atomic mass is 16.5. The minimum atomic E-state index is -0.302. The topological polar surface area (TPSA) is 52.6 Å². The number of hydrogen-bond donors (Lipinski definition) is 0. The molecule has 0 spiro atoms. The van der Waals surface area contributed by atoms with Crippen LogP contribution in [0.25, 0.3) is 0 Å². The predicted octanol–water partition coefficient (Wildman–Crippen LogP) is 6.46. The lowest BCUT2D eigenvalue weighted by molar-refractivity contribution is -0.154. The number of carbonyl (C=O) groups excluding carboxylic acids is 2. The van der Waals surface area contributed by atoms with Gasteiger partial charge in [0.1, 0.15) is 6.10 Å². The zero-order valence-corrected chi connectivity index (χ0v) is 19.6. The second kappa shape index (κ2) is 18.5. The molecule has 0 saturated heterocycles. The van der Waals surface area contributed by atoms with Crippen molar-refractivity contribution in [2.24, 2.45) is 11.8 Å². The van der Waals surface area contributed by atoms with E-state index in [9.17, 15) is 9.59 Å². The SMILES string of the molecule is CCCCCCCCCCC#CCOC(=O)CCCC(=O)OC(C(C)C)C(C)C. The fourth-order valence-electron chi connectivity index (χ4n) is 3.31. The van der Waals surface area contributed by atoms with Crippen LogP contribution < -0.4 is 0 Å². The average Bonchev–Trinajstić information content (AvgIpc) is 2.66. The van der Waals surface area contributed by atoms with Crippen LogP contribution >= 0.6 is 0 Å². The molecule has 0 aromatic heterocycles. The zero-order chi connectivity index (χ0) is 21.9. The molecule has 168 valence electrons. The highest BCUT2D eigenvalue weighted by molar-refractivity contribution is 5.72. The molecular formula is C25H44O4. The Morgan fingerprint density at radius 3 is 1.86 bits per heavy atom. The Morgan fingerprint density at radius 1 is 0.724 bits per heavy atom. The molecule has 0 aliphatic heterocycles. The van der Waals surface area contributed by atoms with E-state index in [1.165, 1.54) is 44.9 Å². The summed E-state index contributed by atoms with van der Waals surface area (Å²) in [6.07, 6.45) is 12.0. The van der Waals surface area contributed by atoms with E-state index < -0.39 is 0 Å². The molecule has 29 heavy (non-hydrogen) atoms. The minimum Gasteiger partial charge on any atom is -0.462 e. The van der Waals surface area contributed by atoms with Gasteiger partial charge in [0.25, 0.3) is 0 Å². The van der Waals surface area contributed by atoms with E-state index >= 15 is 0 Å². The van der Waals surface area contributed by atoms with Gasteiger partial charge < -0.3 is 9.47 Å². The molecule has 0 fully saturated rings. The van der Waals surface area contributed by atoms with Crippen molar-refractivity contribution in [2.45, 2.75) is 118 Å². The van der Waals surface area contributed by atoms with Crippen molar-refractivity contribution < 1.29 is 19.1 Å². The van der Waals surface area contributed by atoms with Crippen molar-refractivity contribution in [2.75, 3.05) is 6.61 Å². The highest BCUT2D eigenvalue weighted by Crippen LogP contribution is 2.17. The van der Waals surface area contributed by atoms with E-state index in [2.05, 4.69) is 18.8 Å². The third-order valence-electron chi connectivity index (χ3n) is 4.93. The molecule has 0 aromatic carbocycles. The molecule has 0 aliphatic rings. The fraction of sp³-hybridized carbons (Fsp3) is 0.840. The first kappa shape index (κ1) is 27.5. The summed E-state index contributed by atoms with van der Waals surface area (Å²) in [5, 5.41) is 0. The molecule has 0 heterocycles. The smallest absolute Gasteiger partial charge is 0.306 e.